The number of halogens is 2. The van der Waals surface area contributed by atoms with Crippen LogP contribution < -0.4 is 35.3 Å². The minimum Gasteiger partial charge on any atom is -1.00 e. The lowest BCUT2D eigenvalue weighted by atomic mass is 10.0. The third-order valence-electron chi connectivity index (χ3n) is 3.51. The molecule has 0 amide bonds. The first-order chi connectivity index (χ1) is 9.95. The number of esters is 1. The van der Waals surface area contributed by atoms with E-state index in [1.54, 1.807) is 11.5 Å². The number of hydrogen-bond acceptors (Lipinski definition) is 4. The lowest BCUT2D eigenvalue weighted by molar-refractivity contribution is -0.800. The largest absolute Gasteiger partial charge is 1.00 e. The lowest BCUT2D eigenvalue weighted by Crippen LogP contribution is -3.00. The fourth-order valence-corrected chi connectivity index (χ4v) is 2.55. The second kappa shape index (κ2) is 9.05. The maximum Gasteiger partial charge on any atom is 0.345 e. The Kier molecular flexibility index (Phi) is 8.52. The molecule has 1 unspecified atom stereocenters. The molecule has 1 atom stereocenters. The fourth-order valence-electron chi connectivity index (χ4n) is 2.55. The summed E-state index contributed by atoms with van der Waals surface area (Å²) in [7, 11) is 4.03. The molecule has 130 valence electrons. The number of allylic oxidation sites excluding steroid dienone is 1. The van der Waals surface area contributed by atoms with Crippen molar-refractivity contribution in [3.8, 4) is 0 Å². The Bertz CT molecular complexity index is 641. The van der Waals surface area contributed by atoms with Crippen molar-refractivity contribution in [2.24, 2.45) is 0 Å². The highest BCUT2D eigenvalue weighted by Gasteiger charge is 2.26. The summed E-state index contributed by atoms with van der Waals surface area (Å²) in [6.07, 6.45) is 5.13. The number of aromatic nitrogens is 2. The second-order valence-corrected chi connectivity index (χ2v) is 5.53. The first kappa shape index (κ1) is 21.6. The van der Waals surface area contributed by atoms with Crippen molar-refractivity contribution in [3.05, 3.63) is 34.1 Å². The third kappa shape index (κ3) is 4.56. The first-order valence-electron chi connectivity index (χ1n) is 7.25. The SMILES string of the molecule is CCOC(=O)c1cnc2n(c1=O)C(C)CCC2=C[NH+](C)C.[Cl-].[Cl-]. The van der Waals surface area contributed by atoms with Crippen LogP contribution in [-0.4, -0.2) is 36.2 Å². The number of hydrogen-bond donors (Lipinski definition) is 1. The lowest BCUT2D eigenvalue weighted by Gasteiger charge is -2.26. The Morgan fingerprint density at radius 2 is 2.13 bits per heavy atom. The Morgan fingerprint density at radius 1 is 1.48 bits per heavy atom. The van der Waals surface area contributed by atoms with Crippen LogP contribution in [0.15, 0.2) is 17.2 Å². The van der Waals surface area contributed by atoms with Crippen molar-refractivity contribution >= 4 is 11.5 Å². The molecule has 0 fully saturated rings. The van der Waals surface area contributed by atoms with Gasteiger partial charge in [0.2, 0.25) is 0 Å². The van der Waals surface area contributed by atoms with Gasteiger partial charge in [-0.2, -0.15) is 0 Å². The number of nitrogens with zero attached hydrogens (tertiary/aromatic N) is 2. The van der Waals surface area contributed by atoms with Crippen LogP contribution in [0, 0.1) is 0 Å². The van der Waals surface area contributed by atoms with Crippen molar-refractivity contribution in [3.63, 3.8) is 0 Å². The van der Waals surface area contributed by atoms with Gasteiger partial charge in [0.25, 0.3) is 5.56 Å². The van der Waals surface area contributed by atoms with Crippen LogP contribution in [0.25, 0.3) is 5.57 Å². The maximum absolute atomic E-state index is 12.6. The Hall–Kier alpha value is -1.37. The minimum absolute atomic E-state index is 0. The third-order valence-corrected chi connectivity index (χ3v) is 3.51. The van der Waals surface area contributed by atoms with Gasteiger partial charge in [0, 0.05) is 17.8 Å². The molecule has 1 aliphatic rings. The van der Waals surface area contributed by atoms with E-state index in [4.69, 9.17) is 4.74 Å². The van der Waals surface area contributed by atoms with E-state index in [1.807, 2.05) is 27.2 Å². The molecule has 23 heavy (non-hydrogen) atoms. The molecular weight excluding hydrogens is 341 g/mol. The molecule has 0 saturated carbocycles. The van der Waals surface area contributed by atoms with Gasteiger partial charge in [-0.05, 0) is 26.7 Å². The van der Waals surface area contributed by atoms with Crippen LogP contribution in [0.5, 0.6) is 0 Å². The van der Waals surface area contributed by atoms with E-state index < -0.39 is 5.97 Å². The summed E-state index contributed by atoms with van der Waals surface area (Å²) < 4.78 is 6.53. The summed E-state index contributed by atoms with van der Waals surface area (Å²) in [6.45, 7) is 3.93. The number of quaternary nitrogens is 1. The number of nitrogens with one attached hydrogen (secondary N) is 1. The van der Waals surface area contributed by atoms with Crippen molar-refractivity contribution in [2.45, 2.75) is 32.7 Å². The molecule has 0 radical (unpaired) electrons. The molecule has 1 aromatic rings. The molecule has 8 heteroatoms. The van der Waals surface area contributed by atoms with Gasteiger partial charge in [0.05, 0.1) is 20.7 Å². The molecule has 0 spiro atoms. The molecule has 6 nitrogen and oxygen atoms in total. The average molecular weight is 363 g/mol. The summed E-state index contributed by atoms with van der Waals surface area (Å²) >= 11 is 0. The molecule has 1 aromatic heterocycles. The zero-order valence-corrected chi connectivity index (χ0v) is 15.2. The molecule has 1 aliphatic heterocycles. The van der Waals surface area contributed by atoms with Crippen LogP contribution in [0.1, 0.15) is 48.9 Å². The van der Waals surface area contributed by atoms with Crippen molar-refractivity contribution in [1.29, 1.82) is 0 Å². The summed E-state index contributed by atoms with van der Waals surface area (Å²) in [6, 6.07) is 0.0312. The van der Waals surface area contributed by atoms with E-state index in [2.05, 4.69) is 4.98 Å². The molecule has 0 aliphatic carbocycles. The Balaban J connectivity index is 0.00000242. The van der Waals surface area contributed by atoms with E-state index in [1.165, 1.54) is 6.20 Å². The highest BCUT2D eigenvalue weighted by atomic mass is 35.5. The summed E-state index contributed by atoms with van der Waals surface area (Å²) in [5.41, 5.74) is 0.733. The summed E-state index contributed by atoms with van der Waals surface area (Å²) in [5.74, 6) is 0.0554. The molecule has 2 rings (SSSR count). The van der Waals surface area contributed by atoms with Crippen LogP contribution in [-0.2, 0) is 4.74 Å². The zero-order chi connectivity index (χ0) is 15.6. The normalized spacial score (nSPS) is 18.0. The first-order valence-corrected chi connectivity index (χ1v) is 7.25. The predicted octanol–water partition coefficient (Wildman–Crippen LogP) is -5.73. The summed E-state index contributed by atoms with van der Waals surface area (Å²) in [4.78, 5) is 29.9. The van der Waals surface area contributed by atoms with Gasteiger partial charge in [-0.15, -0.1) is 0 Å². The van der Waals surface area contributed by atoms with E-state index in [0.717, 1.165) is 23.3 Å². The quantitative estimate of drug-likeness (QED) is 0.544. The molecule has 2 heterocycles. The Labute approximate surface area is 148 Å². The smallest absolute Gasteiger partial charge is 0.345 e. The average Bonchev–Trinajstić information content (AvgIpc) is 2.41. The van der Waals surface area contributed by atoms with Gasteiger partial charge in [-0.1, -0.05) is 0 Å². The Morgan fingerprint density at radius 3 is 2.70 bits per heavy atom. The number of fused-ring (bicyclic) bond motifs is 1. The van der Waals surface area contributed by atoms with Gasteiger partial charge in [-0.3, -0.25) is 9.36 Å². The topological polar surface area (TPSA) is 65.6 Å². The van der Waals surface area contributed by atoms with Crippen molar-refractivity contribution in [1.82, 2.24) is 9.55 Å². The molecule has 0 saturated heterocycles. The van der Waals surface area contributed by atoms with Gasteiger partial charge in [0.15, 0.2) is 0 Å². The maximum atomic E-state index is 12.6. The van der Waals surface area contributed by atoms with Crippen molar-refractivity contribution in [2.75, 3.05) is 20.7 Å². The van der Waals surface area contributed by atoms with Crippen LogP contribution >= 0.6 is 0 Å². The predicted molar refractivity (Wildman–Crippen MR) is 79.2 cm³/mol. The standard InChI is InChI=1S/C15H21N3O3.2ClH/c1-5-21-15(20)12-8-16-13-11(9-17(3)4)7-6-10(2)18(13)14(12)19;;/h8-10H,5-7H2,1-4H3;2*1H/p-1. The zero-order valence-electron chi connectivity index (χ0n) is 13.7. The van der Waals surface area contributed by atoms with Crippen LogP contribution in [0.4, 0.5) is 0 Å². The monoisotopic (exact) mass is 362 g/mol. The van der Waals surface area contributed by atoms with Gasteiger partial charge in [0.1, 0.15) is 17.6 Å². The van der Waals surface area contributed by atoms with Gasteiger partial charge >= 0.3 is 5.97 Å². The number of rotatable bonds is 3. The summed E-state index contributed by atoms with van der Waals surface area (Å²) in [5, 5.41) is 0. The highest BCUT2D eigenvalue weighted by molar-refractivity contribution is 5.88. The molecule has 0 bridgehead atoms. The van der Waals surface area contributed by atoms with E-state index >= 15 is 0 Å². The van der Waals surface area contributed by atoms with Gasteiger partial charge < -0.3 is 34.5 Å². The van der Waals surface area contributed by atoms with Gasteiger partial charge in [-0.25, -0.2) is 9.78 Å². The number of carbonyl (C=O) groups excluding carboxylic acids is 1. The minimum atomic E-state index is -0.605. The van der Waals surface area contributed by atoms with Crippen LogP contribution in [0.2, 0.25) is 0 Å². The fraction of sp³-hybridized carbons (Fsp3) is 0.533. The molecule has 0 aromatic carbocycles. The van der Waals surface area contributed by atoms with Crippen molar-refractivity contribution < 1.29 is 39.2 Å². The highest BCUT2D eigenvalue weighted by Crippen LogP contribution is 2.28. The van der Waals surface area contributed by atoms with E-state index in [0.29, 0.717) is 5.82 Å². The van der Waals surface area contributed by atoms with E-state index in [-0.39, 0.29) is 48.6 Å². The molecular formula is C15H22Cl2N3O3-. The second-order valence-electron chi connectivity index (χ2n) is 5.53. The molecule has 1 N–H and O–H groups in total. The van der Waals surface area contributed by atoms with E-state index in [9.17, 15) is 9.59 Å². The number of carbonyl (C=O) groups is 1. The van der Waals surface area contributed by atoms with Crippen LogP contribution in [0.3, 0.4) is 0 Å². The number of ether oxygens (including phenoxy) is 1.